The van der Waals surface area contributed by atoms with Gasteiger partial charge in [-0.2, -0.15) is 0 Å². The molecule has 3 aromatic rings. The highest BCUT2D eigenvalue weighted by Gasteiger charge is 2.46. The molecule has 0 fully saturated rings. The summed E-state index contributed by atoms with van der Waals surface area (Å²) in [6, 6.07) is 11.4. The predicted molar refractivity (Wildman–Crippen MR) is 113 cm³/mol. The third-order valence-corrected chi connectivity index (χ3v) is 6.09. The topological polar surface area (TPSA) is 74.9 Å². The molecule has 1 atom stereocenters. The van der Waals surface area contributed by atoms with Crippen LogP contribution in [-0.4, -0.2) is 26.3 Å². The lowest BCUT2D eigenvalue weighted by molar-refractivity contribution is -0.763. The van der Waals surface area contributed by atoms with Crippen molar-refractivity contribution in [3.8, 4) is 11.3 Å². The first-order valence-electron chi connectivity index (χ1n) is 9.78. The molecular weight excluding hydrogens is 386 g/mol. The van der Waals surface area contributed by atoms with Crippen molar-refractivity contribution in [2.75, 3.05) is 10.7 Å². The summed E-state index contributed by atoms with van der Waals surface area (Å²) in [6.07, 6.45) is 2.73. The van der Waals surface area contributed by atoms with Gasteiger partial charge in [0.05, 0.1) is 11.3 Å². The maximum atomic E-state index is 13.1. The van der Waals surface area contributed by atoms with Gasteiger partial charge in [-0.3, -0.25) is 14.6 Å². The molecule has 1 amide bonds. The summed E-state index contributed by atoms with van der Waals surface area (Å²) in [5, 5.41) is 5.33. The van der Waals surface area contributed by atoms with Gasteiger partial charge in [0.2, 0.25) is 11.1 Å². The van der Waals surface area contributed by atoms with Crippen molar-refractivity contribution >= 4 is 23.4 Å². The lowest BCUT2D eigenvalue weighted by Gasteiger charge is -2.32. The van der Waals surface area contributed by atoms with Crippen molar-refractivity contribution in [1.82, 2.24) is 14.6 Å². The molecule has 1 aliphatic heterocycles. The summed E-state index contributed by atoms with van der Waals surface area (Å²) in [5.41, 5.74) is 2.59. The number of rotatable bonds is 5. The minimum Gasteiger partial charge on any atom is -0.347 e. The molecule has 0 unspecified atom stereocenters. The third-order valence-electron chi connectivity index (χ3n) is 5.02. The van der Waals surface area contributed by atoms with E-state index in [1.54, 1.807) is 9.58 Å². The van der Waals surface area contributed by atoms with Crippen LogP contribution < -0.4 is 15.1 Å². The van der Waals surface area contributed by atoms with E-state index in [-0.39, 0.29) is 11.5 Å². The molecule has 4 rings (SSSR count). The van der Waals surface area contributed by atoms with Crippen LogP contribution in [0.15, 0.2) is 52.5 Å². The van der Waals surface area contributed by atoms with Crippen molar-refractivity contribution < 1.29 is 9.48 Å². The monoisotopic (exact) mass is 410 g/mol. The first kappa shape index (κ1) is 19.4. The minimum atomic E-state index is -0.532. The van der Waals surface area contributed by atoms with Gasteiger partial charge in [0.15, 0.2) is 0 Å². The average molecular weight is 411 g/mol. The van der Waals surface area contributed by atoms with Crippen molar-refractivity contribution in [3.05, 3.63) is 58.6 Å². The van der Waals surface area contributed by atoms with E-state index in [0.717, 1.165) is 23.6 Å². The van der Waals surface area contributed by atoms with Crippen molar-refractivity contribution in [2.24, 2.45) is 7.05 Å². The zero-order chi connectivity index (χ0) is 20.5. The molecule has 0 bridgehead atoms. The molecule has 0 aliphatic carbocycles. The smallest absolute Gasteiger partial charge is 0.325 e. The van der Waals surface area contributed by atoms with Crippen LogP contribution in [0, 0.1) is 0 Å². The molecule has 3 heterocycles. The molecule has 0 radical (unpaired) electrons. The van der Waals surface area contributed by atoms with E-state index < -0.39 is 6.17 Å². The number of nitrogens with zero attached hydrogens (tertiary/aromatic N) is 4. The summed E-state index contributed by atoms with van der Waals surface area (Å²) < 4.78 is 3.68. The van der Waals surface area contributed by atoms with Gasteiger partial charge in [-0.15, -0.1) is 0 Å². The molecule has 7 nitrogen and oxygen atoms in total. The second-order valence-corrected chi connectivity index (χ2v) is 8.04. The fourth-order valence-corrected chi connectivity index (χ4v) is 4.39. The zero-order valence-electron chi connectivity index (χ0n) is 16.8. The molecule has 0 saturated heterocycles. The number of aromatic amines is 1. The number of H-pyrrole nitrogens is 1. The van der Waals surface area contributed by atoms with Crippen molar-refractivity contribution in [2.45, 2.75) is 38.0 Å². The van der Waals surface area contributed by atoms with E-state index in [4.69, 9.17) is 5.10 Å². The summed E-state index contributed by atoms with van der Waals surface area (Å²) >= 11 is 1.51. The first-order chi connectivity index (χ1) is 14.1. The van der Waals surface area contributed by atoms with Gasteiger partial charge in [-0.25, -0.2) is 4.90 Å². The number of aryl methyl sites for hydroxylation is 1. The number of amides is 1. The lowest BCUT2D eigenvalue weighted by atomic mass is 10.0. The van der Waals surface area contributed by atoms with E-state index in [1.165, 1.54) is 11.8 Å². The maximum absolute atomic E-state index is 13.1. The summed E-state index contributed by atoms with van der Waals surface area (Å²) in [4.78, 5) is 30.9. The Hall–Kier alpha value is -2.87. The number of aromatic nitrogens is 4. The van der Waals surface area contributed by atoms with Crippen LogP contribution in [0.5, 0.6) is 0 Å². The molecular formula is C21H24N5O2S+. The predicted octanol–water partition coefficient (Wildman–Crippen LogP) is 2.87. The quantitative estimate of drug-likeness (QED) is 0.518. The van der Waals surface area contributed by atoms with Crippen LogP contribution in [0.25, 0.3) is 11.3 Å². The van der Waals surface area contributed by atoms with Crippen LogP contribution in [0.3, 0.4) is 0 Å². The van der Waals surface area contributed by atoms with Crippen molar-refractivity contribution in [1.29, 1.82) is 0 Å². The van der Waals surface area contributed by atoms with Gasteiger partial charge in [-0.1, -0.05) is 37.7 Å². The first-order valence-corrected chi connectivity index (χ1v) is 10.8. The Bertz CT molecular complexity index is 1120. The second-order valence-electron chi connectivity index (χ2n) is 6.95. The number of carbonyl (C=O) groups excluding carboxylic acids is 1. The number of benzene rings is 1. The number of para-hydroxylation sites is 1. The third kappa shape index (κ3) is 3.27. The summed E-state index contributed by atoms with van der Waals surface area (Å²) in [6.45, 7) is 3.93. The molecule has 150 valence electrons. The van der Waals surface area contributed by atoms with Crippen LogP contribution in [-0.2, 0) is 11.8 Å². The van der Waals surface area contributed by atoms with Crippen LogP contribution in [0.2, 0.25) is 0 Å². The number of nitrogens with one attached hydrogen (secondary N) is 1. The van der Waals surface area contributed by atoms with Gasteiger partial charge in [0.1, 0.15) is 5.69 Å². The zero-order valence-corrected chi connectivity index (χ0v) is 17.6. The highest BCUT2D eigenvalue weighted by Crippen LogP contribution is 2.37. The Morgan fingerprint density at radius 2 is 2.03 bits per heavy atom. The average Bonchev–Trinajstić information content (AvgIpc) is 3.15. The van der Waals surface area contributed by atoms with E-state index >= 15 is 0 Å². The van der Waals surface area contributed by atoms with E-state index in [2.05, 4.69) is 11.9 Å². The molecule has 1 N–H and O–H groups in total. The fourth-order valence-electron chi connectivity index (χ4n) is 3.69. The van der Waals surface area contributed by atoms with Gasteiger partial charge in [-0.05, 0) is 35.4 Å². The van der Waals surface area contributed by atoms with Crippen LogP contribution in [0.4, 0.5) is 5.69 Å². The summed E-state index contributed by atoms with van der Waals surface area (Å²) in [5.74, 6) is 0.831. The van der Waals surface area contributed by atoms with Gasteiger partial charge >= 0.3 is 17.4 Å². The van der Waals surface area contributed by atoms with Gasteiger partial charge in [0.25, 0.3) is 0 Å². The van der Waals surface area contributed by atoms with Gasteiger partial charge < -0.3 is 4.57 Å². The molecule has 0 saturated carbocycles. The molecule has 8 heteroatoms. The SMILES string of the molecule is CCCSc1n[n+]2c(c(=O)[nH]1)-c1ccccc1N(C(=O)CC)[C@H]2c1cccn1C. The Balaban J connectivity index is 2.03. The molecule has 29 heavy (non-hydrogen) atoms. The highest BCUT2D eigenvalue weighted by atomic mass is 32.2. The number of thioether (sulfide) groups is 1. The minimum absolute atomic E-state index is 0.0216. The van der Waals surface area contributed by atoms with Crippen molar-refractivity contribution in [3.63, 3.8) is 0 Å². The van der Waals surface area contributed by atoms with Crippen LogP contribution >= 0.6 is 11.8 Å². The summed E-state index contributed by atoms with van der Waals surface area (Å²) in [7, 11) is 1.94. The Kier molecular flexibility index (Phi) is 5.27. The number of carbonyl (C=O) groups is 1. The normalized spacial score (nSPS) is 15.1. The van der Waals surface area contributed by atoms with E-state index in [0.29, 0.717) is 22.8 Å². The second kappa shape index (κ2) is 7.87. The number of hydrogen-bond donors (Lipinski definition) is 1. The van der Waals surface area contributed by atoms with E-state index in [9.17, 15) is 9.59 Å². The highest BCUT2D eigenvalue weighted by molar-refractivity contribution is 7.99. The lowest BCUT2D eigenvalue weighted by Crippen LogP contribution is -2.61. The fraction of sp³-hybridized carbons (Fsp3) is 0.333. The van der Waals surface area contributed by atoms with Crippen LogP contribution in [0.1, 0.15) is 38.5 Å². The van der Waals surface area contributed by atoms with Gasteiger partial charge in [0, 0.05) is 30.5 Å². The van der Waals surface area contributed by atoms with E-state index in [1.807, 2.05) is 61.1 Å². The standard InChI is InChI=1S/C21H23N5O2S/c1-4-13-29-21-22-19(28)18-14-9-6-7-10-15(14)25(17(27)5-2)20(26(18)23-21)16-11-8-12-24(16)3/h6-12,20H,4-5,13H2,1-3H3/p+1/t20-/m1/s1. The molecule has 2 aromatic heterocycles. The Morgan fingerprint density at radius 3 is 2.72 bits per heavy atom. The molecule has 1 aromatic carbocycles. The molecule has 1 aliphatic rings. The Labute approximate surface area is 173 Å². The largest absolute Gasteiger partial charge is 0.347 e. The maximum Gasteiger partial charge on any atom is 0.325 e. The Morgan fingerprint density at radius 1 is 1.24 bits per heavy atom. The number of hydrogen-bond acceptors (Lipinski definition) is 4. The number of anilines is 1. The molecule has 0 spiro atoms. The number of fused-ring (bicyclic) bond motifs is 3.